The summed E-state index contributed by atoms with van der Waals surface area (Å²) in [6.45, 7) is 6.36. The van der Waals surface area contributed by atoms with E-state index in [1.165, 1.54) is 5.56 Å². The summed E-state index contributed by atoms with van der Waals surface area (Å²) in [6, 6.07) is 15.9. The molecule has 2 nitrogen and oxygen atoms in total. The zero-order valence-electron chi connectivity index (χ0n) is 13.0. The molecule has 1 unspecified atom stereocenters. The van der Waals surface area contributed by atoms with Crippen molar-refractivity contribution in [2.24, 2.45) is 0 Å². The molecular formula is C19H24O2. The first kappa shape index (κ1) is 15.6. The van der Waals surface area contributed by atoms with E-state index < -0.39 is 6.10 Å². The van der Waals surface area contributed by atoms with Crippen molar-refractivity contribution in [2.75, 3.05) is 0 Å². The van der Waals surface area contributed by atoms with Crippen molar-refractivity contribution in [1.82, 2.24) is 0 Å². The van der Waals surface area contributed by atoms with E-state index in [0.29, 0.717) is 5.92 Å². The van der Waals surface area contributed by atoms with Crippen molar-refractivity contribution in [3.8, 4) is 11.5 Å². The average Bonchev–Trinajstić information content (AvgIpc) is 2.54. The monoisotopic (exact) mass is 284 g/mol. The normalized spacial score (nSPS) is 13.7. The number of hydrogen-bond acceptors (Lipinski definition) is 2. The van der Waals surface area contributed by atoms with E-state index in [9.17, 15) is 5.11 Å². The Morgan fingerprint density at radius 2 is 1.62 bits per heavy atom. The molecule has 0 bridgehead atoms. The van der Waals surface area contributed by atoms with Gasteiger partial charge in [0, 0.05) is 0 Å². The average molecular weight is 284 g/mol. The Kier molecular flexibility index (Phi) is 5.40. The van der Waals surface area contributed by atoms with Gasteiger partial charge in [-0.15, -0.1) is 0 Å². The van der Waals surface area contributed by atoms with E-state index in [0.717, 1.165) is 29.9 Å². The van der Waals surface area contributed by atoms with Crippen LogP contribution in [-0.4, -0.2) is 5.11 Å². The second kappa shape index (κ2) is 7.28. The van der Waals surface area contributed by atoms with Crippen LogP contribution in [0.15, 0.2) is 48.5 Å². The highest BCUT2D eigenvalue weighted by atomic mass is 16.5. The zero-order chi connectivity index (χ0) is 15.2. The van der Waals surface area contributed by atoms with Crippen molar-refractivity contribution in [3.63, 3.8) is 0 Å². The van der Waals surface area contributed by atoms with Gasteiger partial charge in [0.25, 0.3) is 0 Å². The molecule has 2 aromatic carbocycles. The Labute approximate surface area is 127 Å². The molecule has 0 heterocycles. The third-order valence-corrected chi connectivity index (χ3v) is 3.94. The van der Waals surface area contributed by atoms with Gasteiger partial charge in [0.15, 0.2) is 0 Å². The van der Waals surface area contributed by atoms with Gasteiger partial charge in [0.1, 0.15) is 11.5 Å². The van der Waals surface area contributed by atoms with Gasteiger partial charge in [-0.05, 0) is 48.1 Å². The number of ether oxygens (including phenoxy) is 1. The lowest BCUT2D eigenvalue weighted by Crippen LogP contribution is -1.97. The van der Waals surface area contributed by atoms with Gasteiger partial charge in [0.2, 0.25) is 0 Å². The van der Waals surface area contributed by atoms with Crippen LogP contribution in [0.5, 0.6) is 11.5 Å². The molecule has 2 rings (SSSR count). The summed E-state index contributed by atoms with van der Waals surface area (Å²) in [5.41, 5.74) is 2.16. The van der Waals surface area contributed by atoms with Gasteiger partial charge in [-0.25, -0.2) is 0 Å². The fraction of sp³-hybridized carbons (Fsp3) is 0.368. The molecular weight excluding hydrogens is 260 g/mol. The second-order valence-corrected chi connectivity index (χ2v) is 5.44. The highest BCUT2D eigenvalue weighted by Gasteiger charge is 2.10. The third-order valence-electron chi connectivity index (χ3n) is 3.94. The zero-order valence-corrected chi connectivity index (χ0v) is 13.0. The van der Waals surface area contributed by atoms with Crippen LogP contribution in [0, 0.1) is 0 Å². The Morgan fingerprint density at radius 3 is 2.24 bits per heavy atom. The first-order chi connectivity index (χ1) is 10.2. The van der Waals surface area contributed by atoms with Gasteiger partial charge in [-0.3, -0.25) is 0 Å². The van der Waals surface area contributed by atoms with Crippen molar-refractivity contribution in [3.05, 3.63) is 59.7 Å². The lowest BCUT2D eigenvalue weighted by atomic mass is 9.98. The number of rotatable bonds is 6. The SMILES string of the molecule is CCC(C)c1ccccc1Oc1ccc([C@@H](O)CC)cc1. The maximum absolute atomic E-state index is 9.82. The molecule has 0 saturated heterocycles. The largest absolute Gasteiger partial charge is 0.457 e. The van der Waals surface area contributed by atoms with E-state index >= 15 is 0 Å². The van der Waals surface area contributed by atoms with Gasteiger partial charge in [-0.1, -0.05) is 51.1 Å². The van der Waals surface area contributed by atoms with Crippen LogP contribution in [-0.2, 0) is 0 Å². The molecule has 112 valence electrons. The van der Waals surface area contributed by atoms with Crippen LogP contribution in [0.3, 0.4) is 0 Å². The highest BCUT2D eigenvalue weighted by molar-refractivity contribution is 5.40. The minimum absolute atomic E-state index is 0.397. The first-order valence-electron chi connectivity index (χ1n) is 7.70. The number of para-hydroxylation sites is 1. The predicted octanol–water partition coefficient (Wildman–Crippen LogP) is 5.44. The Balaban J connectivity index is 2.19. The molecule has 1 N–H and O–H groups in total. The number of hydrogen-bond donors (Lipinski definition) is 1. The third kappa shape index (κ3) is 3.85. The topological polar surface area (TPSA) is 29.5 Å². The first-order valence-corrected chi connectivity index (χ1v) is 7.70. The molecule has 0 saturated carbocycles. The summed E-state index contributed by atoms with van der Waals surface area (Å²) in [4.78, 5) is 0. The fourth-order valence-electron chi connectivity index (χ4n) is 2.32. The fourth-order valence-corrected chi connectivity index (χ4v) is 2.32. The van der Waals surface area contributed by atoms with Gasteiger partial charge >= 0.3 is 0 Å². The molecule has 2 aromatic rings. The lowest BCUT2D eigenvalue weighted by Gasteiger charge is -2.16. The Hall–Kier alpha value is -1.80. The number of benzene rings is 2. The van der Waals surface area contributed by atoms with E-state index in [-0.39, 0.29) is 0 Å². The van der Waals surface area contributed by atoms with Crippen molar-refractivity contribution < 1.29 is 9.84 Å². The van der Waals surface area contributed by atoms with E-state index in [4.69, 9.17) is 4.74 Å². The van der Waals surface area contributed by atoms with E-state index in [1.807, 2.05) is 43.3 Å². The molecule has 0 aliphatic rings. The molecule has 0 aliphatic heterocycles. The highest BCUT2D eigenvalue weighted by Crippen LogP contribution is 2.32. The van der Waals surface area contributed by atoms with Gasteiger partial charge in [0.05, 0.1) is 6.10 Å². The smallest absolute Gasteiger partial charge is 0.130 e. The lowest BCUT2D eigenvalue weighted by molar-refractivity contribution is 0.173. The van der Waals surface area contributed by atoms with Crippen LogP contribution < -0.4 is 4.74 Å². The molecule has 0 fully saturated rings. The van der Waals surface area contributed by atoms with Crippen LogP contribution in [0.4, 0.5) is 0 Å². The molecule has 2 atom stereocenters. The number of aliphatic hydroxyl groups excluding tert-OH is 1. The summed E-state index contributed by atoms with van der Waals surface area (Å²) >= 11 is 0. The number of aliphatic hydroxyl groups is 1. The quantitative estimate of drug-likeness (QED) is 0.765. The van der Waals surface area contributed by atoms with Crippen molar-refractivity contribution >= 4 is 0 Å². The molecule has 0 spiro atoms. The Morgan fingerprint density at radius 1 is 0.952 bits per heavy atom. The summed E-state index contributed by atoms with van der Waals surface area (Å²) in [5, 5.41) is 9.82. The molecule has 0 amide bonds. The molecule has 0 radical (unpaired) electrons. The molecule has 0 aliphatic carbocycles. The standard InChI is InChI=1S/C19H24O2/c1-4-14(3)17-8-6-7-9-19(17)21-16-12-10-15(11-13-16)18(20)5-2/h6-14,18,20H,4-5H2,1-3H3/t14?,18-/m0/s1. The molecule has 21 heavy (non-hydrogen) atoms. The van der Waals surface area contributed by atoms with Crippen molar-refractivity contribution in [2.45, 2.75) is 45.6 Å². The van der Waals surface area contributed by atoms with E-state index in [1.54, 1.807) is 0 Å². The Bertz CT molecular complexity index is 560. The van der Waals surface area contributed by atoms with Crippen LogP contribution in [0.25, 0.3) is 0 Å². The summed E-state index contributed by atoms with van der Waals surface area (Å²) in [7, 11) is 0. The second-order valence-electron chi connectivity index (χ2n) is 5.44. The summed E-state index contributed by atoms with van der Waals surface area (Å²) in [6.07, 6.45) is 1.41. The molecule has 2 heteroatoms. The van der Waals surface area contributed by atoms with Gasteiger partial charge < -0.3 is 9.84 Å². The van der Waals surface area contributed by atoms with Gasteiger partial charge in [-0.2, -0.15) is 0 Å². The summed E-state index contributed by atoms with van der Waals surface area (Å²) in [5.74, 6) is 2.19. The maximum atomic E-state index is 9.82. The van der Waals surface area contributed by atoms with Crippen molar-refractivity contribution in [1.29, 1.82) is 0 Å². The van der Waals surface area contributed by atoms with Crippen LogP contribution >= 0.6 is 0 Å². The summed E-state index contributed by atoms with van der Waals surface area (Å²) < 4.78 is 6.02. The van der Waals surface area contributed by atoms with E-state index in [2.05, 4.69) is 26.0 Å². The predicted molar refractivity (Wildman–Crippen MR) is 86.9 cm³/mol. The van der Waals surface area contributed by atoms with Crippen LogP contribution in [0.1, 0.15) is 56.8 Å². The van der Waals surface area contributed by atoms with Crippen LogP contribution in [0.2, 0.25) is 0 Å². The molecule has 0 aromatic heterocycles. The maximum Gasteiger partial charge on any atom is 0.130 e. The minimum atomic E-state index is -0.397. The minimum Gasteiger partial charge on any atom is -0.457 e.